The lowest BCUT2D eigenvalue weighted by Gasteiger charge is -2.06. The number of unbranched alkanes of at least 4 members (excludes halogenated alkanes) is 2. The topological polar surface area (TPSA) is 33.0 Å². The van der Waals surface area contributed by atoms with E-state index in [1.54, 1.807) is 0 Å². The molecule has 0 aliphatic heterocycles. The van der Waals surface area contributed by atoms with Gasteiger partial charge < -0.3 is 4.74 Å². The Morgan fingerprint density at radius 2 is 1.94 bits per heavy atom. The molecule has 0 aliphatic rings. The zero-order valence-electron chi connectivity index (χ0n) is 9.91. The van der Waals surface area contributed by atoms with Crippen molar-refractivity contribution >= 4 is 0 Å². The predicted octanol–water partition coefficient (Wildman–Crippen LogP) is 3.71. The zero-order valence-corrected chi connectivity index (χ0v) is 9.91. The first-order chi connectivity index (χ1) is 7.86. The van der Waals surface area contributed by atoms with E-state index >= 15 is 0 Å². The summed E-state index contributed by atoms with van der Waals surface area (Å²) < 4.78 is 5.60. The smallest absolute Gasteiger partial charge is 0.119 e. The third kappa shape index (κ3) is 4.84. The minimum atomic E-state index is 0.580. The maximum atomic E-state index is 8.47. The van der Waals surface area contributed by atoms with Crippen LogP contribution in [0.15, 0.2) is 24.3 Å². The fourth-order valence-corrected chi connectivity index (χ4v) is 1.49. The molecular formula is C14H19NO. The second-order valence-corrected chi connectivity index (χ2v) is 3.86. The number of rotatable bonds is 7. The molecule has 0 aliphatic carbocycles. The molecule has 0 fully saturated rings. The summed E-state index contributed by atoms with van der Waals surface area (Å²) in [5.41, 5.74) is 1.20. The molecule has 0 N–H and O–H groups in total. The minimum Gasteiger partial charge on any atom is -0.494 e. The van der Waals surface area contributed by atoms with E-state index in [2.05, 4.69) is 13.0 Å². The Bertz CT molecular complexity index is 324. The second-order valence-electron chi connectivity index (χ2n) is 3.86. The van der Waals surface area contributed by atoms with E-state index in [9.17, 15) is 0 Å². The molecule has 0 saturated carbocycles. The minimum absolute atomic E-state index is 0.580. The maximum Gasteiger partial charge on any atom is 0.119 e. The van der Waals surface area contributed by atoms with E-state index in [4.69, 9.17) is 10.00 Å². The number of ether oxygens (including phenoxy) is 1. The summed E-state index contributed by atoms with van der Waals surface area (Å²) in [7, 11) is 0. The van der Waals surface area contributed by atoms with Gasteiger partial charge in [0, 0.05) is 6.42 Å². The molecule has 2 heteroatoms. The Kier molecular flexibility index (Phi) is 6.10. The van der Waals surface area contributed by atoms with Crippen LogP contribution in [0.1, 0.15) is 38.2 Å². The van der Waals surface area contributed by atoms with Crippen molar-refractivity contribution in [1.82, 2.24) is 0 Å². The number of hydrogen-bond acceptors (Lipinski definition) is 2. The first-order valence-electron chi connectivity index (χ1n) is 5.95. The van der Waals surface area contributed by atoms with Crippen molar-refractivity contribution in [3.63, 3.8) is 0 Å². The lowest BCUT2D eigenvalue weighted by molar-refractivity contribution is 0.306. The lowest BCUT2D eigenvalue weighted by Crippen LogP contribution is -1.97. The molecule has 86 valence electrons. The average Bonchev–Trinajstić information content (AvgIpc) is 2.33. The molecule has 0 heterocycles. The van der Waals surface area contributed by atoms with Crippen LogP contribution in [-0.4, -0.2) is 6.61 Å². The van der Waals surface area contributed by atoms with Gasteiger partial charge in [-0.1, -0.05) is 31.9 Å². The average molecular weight is 217 g/mol. The Balaban J connectivity index is 2.31. The van der Waals surface area contributed by atoms with Crippen molar-refractivity contribution in [3.05, 3.63) is 29.8 Å². The fourth-order valence-electron chi connectivity index (χ4n) is 1.49. The summed E-state index contributed by atoms with van der Waals surface area (Å²) in [6, 6.07) is 10.2. The van der Waals surface area contributed by atoms with Gasteiger partial charge in [-0.2, -0.15) is 5.26 Å². The molecule has 0 saturated heterocycles. The van der Waals surface area contributed by atoms with Crippen molar-refractivity contribution in [2.24, 2.45) is 0 Å². The molecule has 2 nitrogen and oxygen atoms in total. The first kappa shape index (κ1) is 12.6. The standard InChI is InChI=1S/C14H19NO/c1-2-3-4-12-16-14-9-7-13(8-10-14)6-5-11-15/h7-10H,2-6,12H2,1H3. The Morgan fingerprint density at radius 1 is 1.19 bits per heavy atom. The largest absolute Gasteiger partial charge is 0.494 e. The lowest BCUT2D eigenvalue weighted by atomic mass is 10.1. The van der Waals surface area contributed by atoms with Crippen molar-refractivity contribution in [1.29, 1.82) is 5.26 Å². The molecule has 1 aromatic carbocycles. The number of nitrogens with zero attached hydrogens (tertiary/aromatic N) is 1. The zero-order chi connectivity index (χ0) is 11.6. The van der Waals surface area contributed by atoms with E-state index in [1.165, 1.54) is 18.4 Å². The van der Waals surface area contributed by atoms with Gasteiger partial charge in [-0.05, 0) is 30.5 Å². The molecule has 1 aromatic rings. The summed E-state index contributed by atoms with van der Waals surface area (Å²) in [5.74, 6) is 0.928. The Hall–Kier alpha value is -1.49. The number of benzene rings is 1. The molecule has 0 bridgehead atoms. The number of nitriles is 1. The third-order valence-corrected chi connectivity index (χ3v) is 2.47. The van der Waals surface area contributed by atoms with Crippen LogP contribution < -0.4 is 4.74 Å². The van der Waals surface area contributed by atoms with Crippen LogP contribution in [0.5, 0.6) is 5.75 Å². The van der Waals surface area contributed by atoms with Crippen LogP contribution in [-0.2, 0) is 6.42 Å². The quantitative estimate of drug-likeness (QED) is 0.652. The van der Waals surface area contributed by atoms with Gasteiger partial charge in [0.1, 0.15) is 5.75 Å². The van der Waals surface area contributed by atoms with Crippen molar-refractivity contribution < 1.29 is 4.74 Å². The van der Waals surface area contributed by atoms with Crippen LogP contribution in [0.3, 0.4) is 0 Å². The fraction of sp³-hybridized carbons (Fsp3) is 0.500. The molecule has 0 radical (unpaired) electrons. The van der Waals surface area contributed by atoms with Crippen molar-refractivity contribution in [2.75, 3.05) is 6.61 Å². The van der Waals surface area contributed by atoms with Gasteiger partial charge in [-0.25, -0.2) is 0 Å². The summed E-state index contributed by atoms with van der Waals surface area (Å²) in [6.45, 7) is 2.98. The molecule has 0 amide bonds. The number of aryl methyl sites for hydroxylation is 1. The van der Waals surface area contributed by atoms with Gasteiger partial charge in [-0.3, -0.25) is 0 Å². The highest BCUT2D eigenvalue weighted by Gasteiger charge is 1.95. The van der Waals surface area contributed by atoms with E-state index < -0.39 is 0 Å². The summed E-state index contributed by atoms with van der Waals surface area (Å²) >= 11 is 0. The van der Waals surface area contributed by atoms with E-state index in [-0.39, 0.29) is 0 Å². The van der Waals surface area contributed by atoms with Crippen LogP contribution in [0, 0.1) is 11.3 Å². The highest BCUT2D eigenvalue weighted by atomic mass is 16.5. The van der Waals surface area contributed by atoms with Crippen molar-refractivity contribution in [2.45, 2.75) is 39.0 Å². The van der Waals surface area contributed by atoms with Gasteiger partial charge in [0.15, 0.2) is 0 Å². The predicted molar refractivity (Wildman–Crippen MR) is 65.4 cm³/mol. The Labute approximate surface area is 97.9 Å². The normalized spacial score (nSPS) is 9.75. The molecule has 0 unspecified atom stereocenters. The van der Waals surface area contributed by atoms with Crippen LogP contribution in [0.25, 0.3) is 0 Å². The molecule has 0 aromatic heterocycles. The van der Waals surface area contributed by atoms with Gasteiger partial charge in [0.2, 0.25) is 0 Å². The van der Waals surface area contributed by atoms with Crippen LogP contribution >= 0.6 is 0 Å². The molecular weight excluding hydrogens is 198 g/mol. The Morgan fingerprint density at radius 3 is 2.56 bits per heavy atom. The monoisotopic (exact) mass is 217 g/mol. The van der Waals surface area contributed by atoms with Gasteiger partial charge in [0.25, 0.3) is 0 Å². The van der Waals surface area contributed by atoms with Crippen LogP contribution in [0.4, 0.5) is 0 Å². The molecule has 0 atom stereocenters. The van der Waals surface area contributed by atoms with E-state index in [0.29, 0.717) is 6.42 Å². The summed E-state index contributed by atoms with van der Waals surface area (Å²) in [5, 5.41) is 8.47. The second kappa shape index (κ2) is 7.76. The number of hydrogen-bond donors (Lipinski definition) is 0. The van der Waals surface area contributed by atoms with E-state index in [1.807, 2.05) is 24.3 Å². The maximum absolute atomic E-state index is 8.47. The van der Waals surface area contributed by atoms with Gasteiger partial charge >= 0.3 is 0 Å². The SMILES string of the molecule is CCCCCOc1ccc(CCC#N)cc1. The highest BCUT2D eigenvalue weighted by Crippen LogP contribution is 2.13. The highest BCUT2D eigenvalue weighted by molar-refractivity contribution is 5.27. The summed E-state index contributed by atoms with van der Waals surface area (Å²) in [6.07, 6.45) is 4.96. The van der Waals surface area contributed by atoms with Gasteiger partial charge in [-0.15, -0.1) is 0 Å². The molecule has 0 spiro atoms. The van der Waals surface area contributed by atoms with Crippen molar-refractivity contribution in [3.8, 4) is 11.8 Å². The molecule has 1 rings (SSSR count). The summed E-state index contributed by atoms with van der Waals surface area (Å²) in [4.78, 5) is 0. The van der Waals surface area contributed by atoms with Crippen LogP contribution in [0.2, 0.25) is 0 Å². The van der Waals surface area contributed by atoms with Gasteiger partial charge in [0.05, 0.1) is 12.7 Å². The van der Waals surface area contributed by atoms with E-state index in [0.717, 1.165) is 25.2 Å². The third-order valence-electron chi connectivity index (χ3n) is 2.47. The molecule has 16 heavy (non-hydrogen) atoms. The first-order valence-corrected chi connectivity index (χ1v) is 5.95.